The number of piperidine rings is 1. The Labute approximate surface area is 205 Å². The molecule has 0 amide bonds. The fraction of sp³-hybridized carbons (Fsp3) is 0.480. The van der Waals surface area contributed by atoms with Crippen LogP contribution < -0.4 is 10.1 Å². The van der Waals surface area contributed by atoms with Crippen molar-refractivity contribution in [3.05, 3.63) is 63.6 Å². The highest BCUT2D eigenvalue weighted by molar-refractivity contribution is 6.30. The molecule has 0 spiro atoms. The maximum Gasteiger partial charge on any atom is 0.303 e. The van der Waals surface area contributed by atoms with Crippen LogP contribution in [0.25, 0.3) is 0 Å². The topological polar surface area (TPSA) is 82.0 Å². The summed E-state index contributed by atoms with van der Waals surface area (Å²) in [6, 6.07) is 13.5. The number of aliphatic hydroxyl groups is 1. The molecule has 0 saturated carbocycles. The molecule has 0 radical (unpaired) electrons. The number of nitrogens with zero attached hydrogens (tertiary/aromatic N) is 1. The van der Waals surface area contributed by atoms with E-state index in [9.17, 15) is 9.90 Å². The molecule has 2 aromatic rings. The lowest BCUT2D eigenvalue weighted by Crippen LogP contribution is -2.49. The first-order chi connectivity index (χ1) is 15.7. The normalized spacial score (nSPS) is 17.0. The van der Waals surface area contributed by atoms with Crippen molar-refractivity contribution in [1.29, 1.82) is 0 Å². The molecule has 2 aromatic carbocycles. The van der Waals surface area contributed by atoms with E-state index in [4.69, 9.17) is 33.0 Å². The summed E-state index contributed by atoms with van der Waals surface area (Å²) in [7, 11) is 0. The van der Waals surface area contributed by atoms with Gasteiger partial charge in [-0.2, -0.15) is 0 Å². The van der Waals surface area contributed by atoms with Crippen LogP contribution in [0.4, 0.5) is 0 Å². The molecule has 1 heterocycles. The maximum absolute atomic E-state index is 10.9. The molecule has 8 heteroatoms. The molecular weight excluding hydrogens is 463 g/mol. The van der Waals surface area contributed by atoms with Gasteiger partial charge in [0.05, 0.1) is 0 Å². The highest BCUT2D eigenvalue weighted by Crippen LogP contribution is 2.25. The zero-order valence-electron chi connectivity index (χ0n) is 18.9. The molecule has 3 N–H and O–H groups in total. The summed E-state index contributed by atoms with van der Waals surface area (Å²) < 4.78 is 5.86. The average molecular weight is 495 g/mol. The lowest BCUT2D eigenvalue weighted by Gasteiger charge is -2.34. The quantitative estimate of drug-likeness (QED) is 0.429. The summed E-state index contributed by atoms with van der Waals surface area (Å²) in [5.74, 6) is -0.326. The predicted octanol–water partition coefficient (Wildman–Crippen LogP) is 4.39. The molecule has 1 aliphatic heterocycles. The van der Waals surface area contributed by atoms with Gasteiger partial charge in [0, 0.05) is 35.6 Å². The number of hydrogen-bond donors (Lipinski definition) is 3. The SMILES string of the molecule is C[C@](O)(CNC1CCN(Cc2ccc(Cl)cc2)CC1)COc1ccc(Cl)cc1CCC(=O)O. The number of ether oxygens (including phenoxy) is 1. The van der Waals surface area contributed by atoms with Gasteiger partial charge in [-0.3, -0.25) is 9.69 Å². The Balaban J connectivity index is 1.42. The Kier molecular flexibility index (Phi) is 9.41. The zero-order chi connectivity index (χ0) is 23.8. The van der Waals surface area contributed by atoms with E-state index in [0.717, 1.165) is 43.1 Å². The summed E-state index contributed by atoms with van der Waals surface area (Å²) in [6.07, 6.45) is 2.34. The number of aliphatic carboxylic acids is 1. The zero-order valence-corrected chi connectivity index (χ0v) is 20.4. The first-order valence-electron chi connectivity index (χ1n) is 11.3. The monoisotopic (exact) mass is 494 g/mol. The maximum atomic E-state index is 10.9. The molecule has 1 atom stereocenters. The number of likely N-dealkylation sites (tertiary alicyclic amines) is 1. The van der Waals surface area contributed by atoms with Crippen molar-refractivity contribution in [1.82, 2.24) is 10.2 Å². The van der Waals surface area contributed by atoms with Gasteiger partial charge in [0.25, 0.3) is 0 Å². The van der Waals surface area contributed by atoms with Crippen molar-refractivity contribution in [3.8, 4) is 5.75 Å². The van der Waals surface area contributed by atoms with E-state index in [-0.39, 0.29) is 13.0 Å². The van der Waals surface area contributed by atoms with Gasteiger partial charge < -0.3 is 20.3 Å². The van der Waals surface area contributed by atoms with E-state index in [2.05, 4.69) is 22.3 Å². The van der Waals surface area contributed by atoms with Crippen LogP contribution in [0, 0.1) is 0 Å². The predicted molar refractivity (Wildman–Crippen MR) is 131 cm³/mol. The lowest BCUT2D eigenvalue weighted by molar-refractivity contribution is -0.136. The summed E-state index contributed by atoms with van der Waals surface area (Å²) in [6.45, 7) is 5.15. The Bertz CT molecular complexity index is 913. The van der Waals surface area contributed by atoms with Gasteiger partial charge in [0.2, 0.25) is 0 Å². The molecule has 0 unspecified atom stereocenters. The largest absolute Gasteiger partial charge is 0.490 e. The number of carboxylic acid groups (broad SMARTS) is 1. The van der Waals surface area contributed by atoms with Crippen LogP contribution in [0.3, 0.4) is 0 Å². The van der Waals surface area contributed by atoms with E-state index >= 15 is 0 Å². The molecule has 0 bridgehead atoms. The second-order valence-corrected chi connectivity index (χ2v) is 9.86. The van der Waals surface area contributed by atoms with Crippen molar-refractivity contribution in [2.75, 3.05) is 26.2 Å². The van der Waals surface area contributed by atoms with Crippen molar-refractivity contribution in [2.24, 2.45) is 0 Å². The van der Waals surface area contributed by atoms with Crippen molar-refractivity contribution in [3.63, 3.8) is 0 Å². The summed E-state index contributed by atoms with van der Waals surface area (Å²) in [5.41, 5.74) is 0.918. The average Bonchev–Trinajstić information content (AvgIpc) is 2.78. The molecule has 3 rings (SSSR count). The number of rotatable bonds is 11. The van der Waals surface area contributed by atoms with Gasteiger partial charge in [0.1, 0.15) is 18.0 Å². The Morgan fingerprint density at radius 1 is 1.15 bits per heavy atom. The number of aryl methyl sites for hydroxylation is 1. The summed E-state index contributed by atoms with van der Waals surface area (Å²) in [5, 5.41) is 24.5. The lowest BCUT2D eigenvalue weighted by atomic mass is 10.0. The van der Waals surface area contributed by atoms with Gasteiger partial charge in [-0.05, 0) is 80.7 Å². The third-order valence-corrected chi connectivity index (χ3v) is 6.34. The molecule has 0 aliphatic carbocycles. The molecule has 1 saturated heterocycles. The number of nitrogens with one attached hydrogen (secondary N) is 1. The summed E-state index contributed by atoms with van der Waals surface area (Å²) in [4.78, 5) is 13.3. The molecule has 180 valence electrons. The van der Waals surface area contributed by atoms with Crippen LogP contribution in [0.1, 0.15) is 37.3 Å². The van der Waals surface area contributed by atoms with E-state index in [1.165, 1.54) is 5.56 Å². The third kappa shape index (κ3) is 8.80. The van der Waals surface area contributed by atoms with Crippen LogP contribution >= 0.6 is 23.2 Å². The van der Waals surface area contributed by atoms with Gasteiger partial charge in [0.15, 0.2) is 0 Å². The van der Waals surface area contributed by atoms with E-state index < -0.39 is 11.6 Å². The highest BCUT2D eigenvalue weighted by atomic mass is 35.5. The molecule has 33 heavy (non-hydrogen) atoms. The standard InChI is InChI=1S/C25H32Cl2N2O4/c1-25(32,17-33-23-8-7-21(27)14-19(23)4-9-24(30)31)16-28-22-10-12-29(13-11-22)15-18-2-5-20(26)6-3-18/h2-3,5-8,14,22,28,32H,4,9-13,15-17H2,1H3,(H,30,31)/t25-/m0/s1. The smallest absolute Gasteiger partial charge is 0.303 e. The van der Waals surface area contributed by atoms with Crippen LogP contribution in [0.5, 0.6) is 5.75 Å². The van der Waals surface area contributed by atoms with Gasteiger partial charge >= 0.3 is 5.97 Å². The van der Waals surface area contributed by atoms with Gasteiger partial charge in [-0.1, -0.05) is 35.3 Å². The minimum Gasteiger partial charge on any atom is -0.490 e. The van der Waals surface area contributed by atoms with Crippen LogP contribution in [-0.2, 0) is 17.8 Å². The fourth-order valence-electron chi connectivity index (χ4n) is 3.92. The van der Waals surface area contributed by atoms with E-state index in [1.54, 1.807) is 25.1 Å². The second-order valence-electron chi connectivity index (χ2n) is 8.99. The first kappa shape index (κ1) is 25.8. The van der Waals surface area contributed by atoms with Crippen LogP contribution in [0.2, 0.25) is 10.0 Å². The molecular formula is C25H32Cl2N2O4. The van der Waals surface area contributed by atoms with Crippen LogP contribution in [0.15, 0.2) is 42.5 Å². The van der Waals surface area contributed by atoms with Crippen molar-refractivity contribution >= 4 is 29.2 Å². The number of carboxylic acids is 1. The van der Waals surface area contributed by atoms with Gasteiger partial charge in [-0.15, -0.1) is 0 Å². The minimum atomic E-state index is -1.07. The van der Waals surface area contributed by atoms with Crippen molar-refractivity contribution < 1.29 is 19.7 Å². The van der Waals surface area contributed by atoms with E-state index in [1.807, 2.05) is 12.1 Å². The Hall–Kier alpha value is -1.83. The minimum absolute atomic E-state index is 0.00856. The van der Waals surface area contributed by atoms with Gasteiger partial charge in [-0.25, -0.2) is 0 Å². The molecule has 6 nitrogen and oxygen atoms in total. The third-order valence-electron chi connectivity index (χ3n) is 5.85. The molecule has 0 aromatic heterocycles. The van der Waals surface area contributed by atoms with E-state index in [0.29, 0.717) is 29.8 Å². The van der Waals surface area contributed by atoms with Crippen molar-refractivity contribution in [2.45, 2.75) is 50.8 Å². The number of halogens is 2. The Morgan fingerprint density at radius 2 is 1.82 bits per heavy atom. The highest BCUT2D eigenvalue weighted by Gasteiger charge is 2.26. The summed E-state index contributed by atoms with van der Waals surface area (Å²) >= 11 is 12.0. The number of carbonyl (C=O) groups is 1. The second kappa shape index (κ2) is 12.0. The molecule has 1 fully saturated rings. The van der Waals surface area contributed by atoms with Crippen LogP contribution in [-0.4, -0.2) is 59.0 Å². The molecule has 1 aliphatic rings. The first-order valence-corrected chi connectivity index (χ1v) is 12.0. The number of benzene rings is 2. The Morgan fingerprint density at radius 3 is 2.48 bits per heavy atom. The number of hydrogen-bond acceptors (Lipinski definition) is 5. The fourth-order valence-corrected chi connectivity index (χ4v) is 4.24.